The summed E-state index contributed by atoms with van der Waals surface area (Å²) in [6.45, 7) is 0. The minimum Gasteiger partial charge on any atom is -0.544 e. The predicted octanol–water partition coefficient (Wildman–Crippen LogP) is -0.908. The second-order valence-corrected chi connectivity index (χ2v) is 7.64. The maximum Gasteiger partial charge on any atom is 0.320 e. The molecule has 1 unspecified atom stereocenters. The highest BCUT2D eigenvalue weighted by Crippen LogP contribution is 2.09. The third-order valence-electron chi connectivity index (χ3n) is 3.64. The van der Waals surface area contributed by atoms with Gasteiger partial charge in [-0.3, -0.25) is 4.79 Å². The van der Waals surface area contributed by atoms with Crippen LogP contribution in [0, 0.1) is 4.77 Å². The molecule has 0 radical (unpaired) electrons. The molecule has 0 saturated heterocycles. The van der Waals surface area contributed by atoms with Crippen molar-refractivity contribution in [3.63, 3.8) is 0 Å². The van der Waals surface area contributed by atoms with E-state index >= 15 is 0 Å². The van der Waals surface area contributed by atoms with Crippen molar-refractivity contribution < 1.29 is 24.3 Å². The lowest BCUT2D eigenvalue weighted by Gasteiger charge is -2.34. The summed E-state index contributed by atoms with van der Waals surface area (Å²) in [5.74, 6) is -2.08. The molecular formula is C15H24N6O4S2. The van der Waals surface area contributed by atoms with E-state index in [0.717, 1.165) is 5.69 Å². The van der Waals surface area contributed by atoms with Crippen molar-refractivity contribution in [3.05, 3.63) is 28.6 Å². The fraction of sp³-hybridized carbons (Fsp3) is 0.467. The number of aliphatic carboxylic acids is 2. The minimum absolute atomic E-state index is 0.239. The number of rotatable bonds is 7. The Hall–Kier alpha value is -2.15. The van der Waals surface area contributed by atoms with E-state index in [1.54, 1.807) is 6.20 Å². The van der Waals surface area contributed by atoms with Crippen molar-refractivity contribution in [1.29, 1.82) is 0 Å². The summed E-state index contributed by atoms with van der Waals surface area (Å²) in [6.07, 6.45) is 3.82. The average molecular weight is 417 g/mol. The molecule has 0 spiro atoms. The van der Waals surface area contributed by atoms with Gasteiger partial charge >= 0.3 is 5.97 Å². The number of quaternary nitrogens is 1. The number of hydrogen-bond donors (Lipinski definition) is 6. The molecule has 0 aliphatic rings. The summed E-state index contributed by atoms with van der Waals surface area (Å²) in [6, 6.07) is -1.48. The number of thiol groups is 1. The monoisotopic (exact) mass is 416 g/mol. The van der Waals surface area contributed by atoms with Crippen LogP contribution in [0.25, 0.3) is 0 Å². The molecule has 2 heterocycles. The van der Waals surface area contributed by atoms with Gasteiger partial charge in [0.2, 0.25) is 0 Å². The molecule has 2 aromatic heterocycles. The standard InChI is InChI=1S/C9H15N3O2S.C6H9N3O2S/c1-12(2,3)7(8(13)14)4-6-5-10-9(15)11-6;7-4(5(10)11)1-3-2-8-6(12)9-3/h5,7H,4H2,1-3H3,(H2-,10,11,13,14,15);2,4H,1,7H2,(H,10,11)(H2,8,9,12)/t;4-/m.0/s1. The number of carbonyl (C=O) groups excluding carboxylic acids is 1. The van der Waals surface area contributed by atoms with Gasteiger partial charge in [-0.25, -0.2) is 4.98 Å². The molecule has 12 heteroatoms. The quantitative estimate of drug-likeness (QED) is 0.193. The van der Waals surface area contributed by atoms with Crippen molar-refractivity contribution in [2.45, 2.75) is 30.1 Å². The average Bonchev–Trinajstić information content (AvgIpc) is 3.12. The molecule has 0 amide bonds. The summed E-state index contributed by atoms with van der Waals surface area (Å²) >= 11 is 8.79. The zero-order valence-electron chi connectivity index (χ0n) is 15.2. The number of imidazole rings is 2. The SMILES string of the molecule is C[N+](C)(C)C(Cc1c[nH]c(=S)[nH]1)C(=O)[O-].N[C@@H](Cc1cnc(S)[nH]1)C(=O)O. The number of hydrogen-bond acceptors (Lipinski definition) is 7. The Morgan fingerprint density at radius 3 is 2.33 bits per heavy atom. The maximum absolute atomic E-state index is 11.0. The van der Waals surface area contributed by atoms with Gasteiger partial charge in [0.1, 0.15) is 12.1 Å². The Labute approximate surface area is 166 Å². The van der Waals surface area contributed by atoms with Crippen LogP contribution in [-0.4, -0.2) is 74.7 Å². The third kappa shape index (κ3) is 7.95. The van der Waals surface area contributed by atoms with Crippen LogP contribution in [0.3, 0.4) is 0 Å². The van der Waals surface area contributed by atoms with Gasteiger partial charge in [-0.05, 0) is 12.2 Å². The Morgan fingerprint density at radius 1 is 1.33 bits per heavy atom. The van der Waals surface area contributed by atoms with Crippen molar-refractivity contribution in [2.24, 2.45) is 5.73 Å². The number of H-pyrrole nitrogens is 3. The van der Waals surface area contributed by atoms with E-state index in [1.807, 2.05) is 21.1 Å². The zero-order valence-corrected chi connectivity index (χ0v) is 16.9. The van der Waals surface area contributed by atoms with Gasteiger partial charge in [0.05, 0.1) is 27.1 Å². The first-order valence-electron chi connectivity index (χ1n) is 7.90. The number of carbonyl (C=O) groups is 2. The van der Waals surface area contributed by atoms with E-state index in [-0.39, 0.29) is 6.42 Å². The molecule has 0 fully saturated rings. The van der Waals surface area contributed by atoms with Crippen molar-refractivity contribution in [3.8, 4) is 0 Å². The second kappa shape index (κ2) is 9.69. The summed E-state index contributed by atoms with van der Waals surface area (Å²) in [5, 5.41) is 19.9. The number of aromatic amines is 3. The summed E-state index contributed by atoms with van der Waals surface area (Å²) < 4.78 is 0.817. The highest BCUT2D eigenvalue weighted by atomic mass is 32.1. The van der Waals surface area contributed by atoms with E-state index in [2.05, 4.69) is 32.6 Å². The minimum atomic E-state index is -1.05. The number of nitrogens with one attached hydrogen (secondary N) is 3. The molecule has 2 atom stereocenters. The molecule has 6 N–H and O–H groups in total. The first kappa shape index (κ1) is 22.9. The molecule has 0 aromatic carbocycles. The number of carboxylic acids is 2. The van der Waals surface area contributed by atoms with Gasteiger partial charge in [0.25, 0.3) is 0 Å². The molecule has 150 valence electrons. The molecule has 0 saturated carbocycles. The number of carboxylic acid groups (broad SMARTS) is 2. The fourth-order valence-electron chi connectivity index (χ4n) is 2.14. The van der Waals surface area contributed by atoms with Gasteiger partial charge in [-0.2, -0.15) is 0 Å². The molecule has 2 rings (SSSR count). The lowest BCUT2D eigenvalue weighted by molar-refractivity contribution is -0.889. The van der Waals surface area contributed by atoms with Gasteiger partial charge in [0.15, 0.2) is 9.93 Å². The van der Waals surface area contributed by atoms with Crippen molar-refractivity contribution >= 4 is 36.8 Å². The lowest BCUT2D eigenvalue weighted by Crippen LogP contribution is -2.55. The summed E-state index contributed by atoms with van der Waals surface area (Å²) in [7, 11) is 5.46. The Morgan fingerprint density at radius 2 is 1.96 bits per heavy atom. The van der Waals surface area contributed by atoms with Gasteiger partial charge in [0, 0.05) is 36.6 Å². The number of nitrogens with two attached hydrogens (primary N) is 1. The second-order valence-electron chi connectivity index (χ2n) is 6.80. The highest BCUT2D eigenvalue weighted by molar-refractivity contribution is 7.80. The van der Waals surface area contributed by atoms with Gasteiger partial charge in [-0.15, -0.1) is 12.6 Å². The first-order chi connectivity index (χ1) is 12.4. The van der Waals surface area contributed by atoms with Crippen LogP contribution < -0.4 is 10.8 Å². The van der Waals surface area contributed by atoms with Crippen LogP contribution in [0.5, 0.6) is 0 Å². The topological polar surface area (TPSA) is 164 Å². The summed E-state index contributed by atoms with van der Waals surface area (Å²) in [5.41, 5.74) is 6.74. The van der Waals surface area contributed by atoms with Crippen molar-refractivity contribution in [2.75, 3.05) is 21.1 Å². The molecule has 27 heavy (non-hydrogen) atoms. The molecule has 0 aliphatic heterocycles. The van der Waals surface area contributed by atoms with Gasteiger partial charge < -0.3 is 40.2 Å². The molecular weight excluding hydrogens is 392 g/mol. The van der Waals surface area contributed by atoms with Crippen LogP contribution in [0.4, 0.5) is 0 Å². The van der Waals surface area contributed by atoms with E-state index < -0.39 is 24.0 Å². The van der Waals surface area contributed by atoms with Crippen LogP contribution in [0.1, 0.15) is 11.4 Å². The zero-order chi connectivity index (χ0) is 20.8. The predicted molar refractivity (Wildman–Crippen MR) is 102 cm³/mol. The van der Waals surface area contributed by atoms with Crippen LogP contribution in [-0.2, 0) is 22.4 Å². The molecule has 10 nitrogen and oxygen atoms in total. The van der Waals surface area contributed by atoms with E-state index in [9.17, 15) is 14.7 Å². The Balaban J connectivity index is 0.000000277. The highest BCUT2D eigenvalue weighted by Gasteiger charge is 2.25. The van der Waals surface area contributed by atoms with Crippen LogP contribution >= 0.6 is 24.8 Å². The van der Waals surface area contributed by atoms with Crippen LogP contribution in [0.2, 0.25) is 0 Å². The molecule has 0 bridgehead atoms. The Bertz CT molecular complexity index is 823. The normalized spacial score (nSPS) is 13.4. The number of aromatic nitrogens is 4. The lowest BCUT2D eigenvalue weighted by atomic mass is 10.1. The van der Waals surface area contributed by atoms with Crippen LogP contribution in [0.15, 0.2) is 17.6 Å². The smallest absolute Gasteiger partial charge is 0.320 e. The van der Waals surface area contributed by atoms with E-state index in [4.69, 9.17) is 23.1 Å². The van der Waals surface area contributed by atoms with E-state index in [1.165, 1.54) is 6.20 Å². The summed E-state index contributed by atoms with van der Waals surface area (Å²) in [4.78, 5) is 33.6. The van der Waals surface area contributed by atoms with Gasteiger partial charge in [-0.1, -0.05) is 0 Å². The molecule has 0 aliphatic carbocycles. The number of nitrogens with zero attached hydrogens (tertiary/aromatic N) is 2. The third-order valence-corrected chi connectivity index (χ3v) is 4.09. The molecule has 2 aromatic rings. The first-order valence-corrected chi connectivity index (χ1v) is 8.75. The Kier molecular flexibility index (Phi) is 8.21. The maximum atomic E-state index is 11.0. The number of likely N-dealkylation sites (N-methyl/N-ethyl adjacent to an activating group) is 1. The largest absolute Gasteiger partial charge is 0.544 e. The van der Waals surface area contributed by atoms with E-state index in [0.29, 0.717) is 26.5 Å². The van der Waals surface area contributed by atoms with Crippen molar-refractivity contribution in [1.82, 2.24) is 19.9 Å². The fourth-order valence-corrected chi connectivity index (χ4v) is 2.53.